The molecule has 0 heterocycles. The van der Waals surface area contributed by atoms with Crippen molar-refractivity contribution in [2.75, 3.05) is 32.6 Å². The summed E-state index contributed by atoms with van der Waals surface area (Å²) >= 11 is 1.94. The zero-order valence-electron chi connectivity index (χ0n) is 10.7. The Morgan fingerprint density at radius 1 is 1.38 bits per heavy atom. The largest absolute Gasteiger partial charge is 0.389 e. The molecule has 16 heavy (non-hydrogen) atoms. The van der Waals surface area contributed by atoms with Gasteiger partial charge in [-0.3, -0.25) is 0 Å². The van der Waals surface area contributed by atoms with E-state index >= 15 is 0 Å². The van der Waals surface area contributed by atoms with Crippen LogP contribution >= 0.6 is 11.8 Å². The van der Waals surface area contributed by atoms with Crippen molar-refractivity contribution in [3.8, 4) is 0 Å². The molecule has 0 radical (unpaired) electrons. The number of nitrogens with one attached hydrogen (secondary N) is 1. The number of aliphatic hydroxyl groups excluding tert-OH is 1. The standard InChI is InChI=1S/C12H25NO2S/c1-10(2)7-15-8-11(14)6-13-9-12(16-3)4-5-12/h10-11,13-14H,4-9H2,1-3H3. The third kappa shape index (κ3) is 5.53. The maximum atomic E-state index is 9.66. The molecule has 1 fully saturated rings. The van der Waals surface area contributed by atoms with Crippen LogP contribution in [0.5, 0.6) is 0 Å². The van der Waals surface area contributed by atoms with Crippen LogP contribution in [0.15, 0.2) is 0 Å². The Morgan fingerprint density at radius 2 is 2.06 bits per heavy atom. The highest BCUT2D eigenvalue weighted by Gasteiger charge is 2.41. The summed E-state index contributed by atoms with van der Waals surface area (Å²) in [5.41, 5.74) is 0. The Kier molecular flexibility index (Phi) is 6.11. The Balaban J connectivity index is 1.96. The lowest BCUT2D eigenvalue weighted by molar-refractivity contribution is 0.0262. The molecular weight excluding hydrogens is 222 g/mol. The van der Waals surface area contributed by atoms with Crippen molar-refractivity contribution in [1.82, 2.24) is 5.32 Å². The molecule has 0 aliphatic heterocycles. The first-order chi connectivity index (χ1) is 7.58. The summed E-state index contributed by atoms with van der Waals surface area (Å²) in [4.78, 5) is 0. The van der Waals surface area contributed by atoms with Gasteiger partial charge in [0.1, 0.15) is 0 Å². The highest BCUT2D eigenvalue weighted by atomic mass is 32.2. The average molecular weight is 247 g/mol. The summed E-state index contributed by atoms with van der Waals surface area (Å²) in [5, 5.41) is 13.0. The van der Waals surface area contributed by atoms with E-state index in [9.17, 15) is 5.11 Å². The number of hydrogen-bond acceptors (Lipinski definition) is 4. The van der Waals surface area contributed by atoms with Crippen LogP contribution in [0.2, 0.25) is 0 Å². The smallest absolute Gasteiger partial charge is 0.0897 e. The van der Waals surface area contributed by atoms with E-state index in [1.165, 1.54) is 12.8 Å². The minimum atomic E-state index is -0.378. The van der Waals surface area contributed by atoms with Crippen molar-refractivity contribution in [3.05, 3.63) is 0 Å². The number of thioether (sulfide) groups is 1. The highest BCUT2D eigenvalue weighted by molar-refractivity contribution is 8.00. The number of ether oxygens (including phenoxy) is 1. The van der Waals surface area contributed by atoms with E-state index in [0.717, 1.165) is 13.2 Å². The minimum Gasteiger partial charge on any atom is -0.389 e. The minimum absolute atomic E-state index is 0.378. The predicted octanol–water partition coefficient (Wildman–Crippen LogP) is 1.51. The van der Waals surface area contributed by atoms with Gasteiger partial charge in [0, 0.05) is 24.4 Å². The predicted molar refractivity (Wildman–Crippen MR) is 70.0 cm³/mol. The topological polar surface area (TPSA) is 41.5 Å². The molecule has 1 unspecified atom stereocenters. The lowest BCUT2D eigenvalue weighted by Crippen LogP contribution is -2.35. The second-order valence-corrected chi connectivity index (χ2v) is 6.38. The van der Waals surface area contributed by atoms with Crippen LogP contribution in [-0.4, -0.2) is 48.5 Å². The van der Waals surface area contributed by atoms with Crippen LogP contribution in [0.25, 0.3) is 0 Å². The zero-order valence-corrected chi connectivity index (χ0v) is 11.5. The van der Waals surface area contributed by atoms with Gasteiger partial charge in [-0.05, 0) is 25.0 Å². The molecular formula is C12H25NO2S. The van der Waals surface area contributed by atoms with Crippen LogP contribution in [0.1, 0.15) is 26.7 Å². The second kappa shape index (κ2) is 6.84. The Morgan fingerprint density at radius 3 is 2.56 bits per heavy atom. The first-order valence-corrected chi connectivity index (χ1v) is 7.32. The van der Waals surface area contributed by atoms with Crippen LogP contribution < -0.4 is 5.32 Å². The van der Waals surface area contributed by atoms with E-state index in [1.54, 1.807) is 0 Å². The van der Waals surface area contributed by atoms with Gasteiger partial charge in [-0.1, -0.05) is 13.8 Å². The maximum Gasteiger partial charge on any atom is 0.0897 e. The van der Waals surface area contributed by atoms with E-state index in [4.69, 9.17) is 4.74 Å². The Bertz CT molecular complexity index is 195. The van der Waals surface area contributed by atoms with Gasteiger partial charge >= 0.3 is 0 Å². The van der Waals surface area contributed by atoms with E-state index < -0.39 is 0 Å². The van der Waals surface area contributed by atoms with E-state index in [-0.39, 0.29) is 6.10 Å². The molecule has 0 aromatic rings. The van der Waals surface area contributed by atoms with Gasteiger partial charge in [-0.2, -0.15) is 11.8 Å². The van der Waals surface area contributed by atoms with Gasteiger partial charge in [-0.25, -0.2) is 0 Å². The summed E-state index contributed by atoms with van der Waals surface area (Å²) in [6.07, 6.45) is 4.40. The van der Waals surface area contributed by atoms with Crippen molar-refractivity contribution in [2.24, 2.45) is 5.92 Å². The third-order valence-corrected chi connectivity index (χ3v) is 4.25. The zero-order chi connectivity index (χ0) is 12.0. The number of hydrogen-bond donors (Lipinski definition) is 2. The van der Waals surface area contributed by atoms with Crippen molar-refractivity contribution in [1.29, 1.82) is 0 Å². The molecule has 1 aliphatic rings. The molecule has 2 N–H and O–H groups in total. The van der Waals surface area contributed by atoms with Crippen LogP contribution in [0.3, 0.4) is 0 Å². The molecule has 0 amide bonds. The van der Waals surface area contributed by atoms with Gasteiger partial charge in [0.2, 0.25) is 0 Å². The van der Waals surface area contributed by atoms with E-state index in [1.807, 2.05) is 11.8 Å². The van der Waals surface area contributed by atoms with Crippen molar-refractivity contribution >= 4 is 11.8 Å². The van der Waals surface area contributed by atoms with Crippen molar-refractivity contribution in [2.45, 2.75) is 37.5 Å². The molecule has 0 bridgehead atoms. The number of rotatable bonds is 9. The second-order valence-electron chi connectivity index (χ2n) is 5.10. The Labute approximate surface area is 103 Å². The molecule has 0 aromatic heterocycles. The van der Waals surface area contributed by atoms with Crippen molar-refractivity contribution < 1.29 is 9.84 Å². The lowest BCUT2D eigenvalue weighted by Gasteiger charge is -2.16. The molecule has 0 saturated heterocycles. The summed E-state index contributed by atoms with van der Waals surface area (Å²) in [5.74, 6) is 0.534. The third-order valence-electron chi connectivity index (χ3n) is 2.83. The molecule has 1 saturated carbocycles. The molecule has 0 spiro atoms. The summed E-state index contributed by atoms with van der Waals surface area (Å²) in [6.45, 7) is 7.04. The molecule has 1 rings (SSSR count). The summed E-state index contributed by atoms with van der Waals surface area (Å²) in [7, 11) is 0. The lowest BCUT2D eigenvalue weighted by atomic mass is 10.2. The van der Waals surface area contributed by atoms with E-state index in [0.29, 0.717) is 23.8 Å². The highest BCUT2D eigenvalue weighted by Crippen LogP contribution is 2.46. The average Bonchev–Trinajstić information content (AvgIpc) is 2.98. The van der Waals surface area contributed by atoms with Crippen LogP contribution in [-0.2, 0) is 4.74 Å². The normalized spacial score (nSPS) is 20.1. The molecule has 3 nitrogen and oxygen atoms in total. The monoisotopic (exact) mass is 247 g/mol. The van der Waals surface area contributed by atoms with Crippen LogP contribution in [0, 0.1) is 5.92 Å². The van der Waals surface area contributed by atoms with Gasteiger partial charge in [0.15, 0.2) is 0 Å². The van der Waals surface area contributed by atoms with Gasteiger partial charge in [0.05, 0.1) is 12.7 Å². The van der Waals surface area contributed by atoms with Crippen molar-refractivity contribution in [3.63, 3.8) is 0 Å². The van der Waals surface area contributed by atoms with E-state index in [2.05, 4.69) is 25.4 Å². The fourth-order valence-corrected chi connectivity index (χ4v) is 2.31. The SMILES string of the molecule is CSC1(CNCC(O)COCC(C)C)CC1. The molecule has 1 aliphatic carbocycles. The molecule has 96 valence electrons. The fourth-order valence-electron chi connectivity index (χ4n) is 1.56. The maximum absolute atomic E-state index is 9.66. The number of aliphatic hydroxyl groups is 1. The molecule has 0 aromatic carbocycles. The Hall–Kier alpha value is 0.230. The fraction of sp³-hybridized carbons (Fsp3) is 1.00. The molecule has 4 heteroatoms. The van der Waals surface area contributed by atoms with Gasteiger partial charge in [0.25, 0.3) is 0 Å². The first kappa shape index (κ1) is 14.3. The quantitative estimate of drug-likeness (QED) is 0.648. The molecule has 1 atom stereocenters. The van der Waals surface area contributed by atoms with Gasteiger partial charge < -0.3 is 15.2 Å². The summed E-state index contributed by atoms with van der Waals surface area (Å²) < 4.78 is 5.86. The first-order valence-electron chi connectivity index (χ1n) is 6.10. The van der Waals surface area contributed by atoms with Gasteiger partial charge in [-0.15, -0.1) is 0 Å². The van der Waals surface area contributed by atoms with Crippen LogP contribution in [0.4, 0.5) is 0 Å². The summed E-state index contributed by atoms with van der Waals surface area (Å²) in [6, 6.07) is 0.